The fourth-order valence-corrected chi connectivity index (χ4v) is 3.07. The van der Waals surface area contributed by atoms with E-state index in [1.165, 1.54) is 0 Å². The first-order valence-electron chi connectivity index (χ1n) is 7.31. The largest absolute Gasteiger partial charge is 0.496 e. The van der Waals surface area contributed by atoms with Gasteiger partial charge in [0, 0.05) is 22.2 Å². The van der Waals surface area contributed by atoms with Crippen molar-refractivity contribution in [3.63, 3.8) is 0 Å². The molecule has 3 rings (SSSR count). The molecule has 0 radical (unpaired) electrons. The molecular weight excluding hydrogens is 308 g/mol. The number of ether oxygens (including phenoxy) is 1. The Bertz CT molecular complexity index is 772. The number of anilines is 1. The van der Waals surface area contributed by atoms with Gasteiger partial charge in [-0.15, -0.1) is 11.3 Å². The number of hydrogen-bond donors (Lipinski definition) is 2. The van der Waals surface area contributed by atoms with Crippen molar-refractivity contribution in [2.75, 3.05) is 12.4 Å². The lowest BCUT2D eigenvalue weighted by molar-refractivity contribution is 0.274. The SMILES string of the molecule is COc1ccc(NCc2nc(-c3ccccc3)cs2)cc1CO. The molecule has 23 heavy (non-hydrogen) atoms. The normalized spacial score (nSPS) is 10.5. The van der Waals surface area contributed by atoms with Gasteiger partial charge in [0.1, 0.15) is 10.8 Å². The summed E-state index contributed by atoms with van der Waals surface area (Å²) in [5.41, 5.74) is 3.83. The van der Waals surface area contributed by atoms with Gasteiger partial charge in [0.2, 0.25) is 0 Å². The van der Waals surface area contributed by atoms with Gasteiger partial charge in [-0.1, -0.05) is 30.3 Å². The third-order valence-electron chi connectivity index (χ3n) is 3.52. The molecule has 1 aromatic heterocycles. The van der Waals surface area contributed by atoms with E-state index in [0.29, 0.717) is 12.3 Å². The quantitative estimate of drug-likeness (QED) is 0.721. The Labute approximate surface area is 139 Å². The van der Waals surface area contributed by atoms with Crippen LogP contribution in [-0.4, -0.2) is 17.2 Å². The average Bonchev–Trinajstić information content (AvgIpc) is 3.09. The minimum Gasteiger partial charge on any atom is -0.496 e. The second-order valence-corrected chi connectivity index (χ2v) is 5.97. The molecule has 0 aliphatic rings. The van der Waals surface area contributed by atoms with Crippen molar-refractivity contribution < 1.29 is 9.84 Å². The Morgan fingerprint density at radius 2 is 2.00 bits per heavy atom. The molecule has 0 aliphatic heterocycles. The van der Waals surface area contributed by atoms with E-state index in [2.05, 4.69) is 27.8 Å². The number of benzene rings is 2. The third kappa shape index (κ3) is 3.70. The smallest absolute Gasteiger partial charge is 0.124 e. The van der Waals surface area contributed by atoms with E-state index in [4.69, 9.17) is 4.74 Å². The molecule has 2 aromatic carbocycles. The van der Waals surface area contributed by atoms with Crippen molar-refractivity contribution in [3.05, 3.63) is 64.5 Å². The summed E-state index contributed by atoms with van der Waals surface area (Å²) in [6.45, 7) is 0.600. The van der Waals surface area contributed by atoms with Gasteiger partial charge < -0.3 is 15.2 Å². The molecule has 3 aromatic rings. The Morgan fingerprint density at radius 1 is 1.17 bits per heavy atom. The zero-order chi connectivity index (χ0) is 16.1. The minimum atomic E-state index is -0.0475. The Morgan fingerprint density at radius 3 is 2.74 bits per heavy atom. The highest BCUT2D eigenvalue weighted by Gasteiger charge is 2.06. The lowest BCUT2D eigenvalue weighted by Crippen LogP contribution is -2.00. The van der Waals surface area contributed by atoms with Crippen LogP contribution in [0.4, 0.5) is 5.69 Å². The summed E-state index contributed by atoms with van der Waals surface area (Å²) in [7, 11) is 1.60. The van der Waals surface area contributed by atoms with Gasteiger partial charge in [0.25, 0.3) is 0 Å². The lowest BCUT2D eigenvalue weighted by atomic mass is 10.2. The number of methoxy groups -OCH3 is 1. The number of nitrogens with zero attached hydrogens (tertiary/aromatic N) is 1. The maximum absolute atomic E-state index is 9.37. The van der Waals surface area contributed by atoms with Gasteiger partial charge in [0.05, 0.1) is 26.0 Å². The summed E-state index contributed by atoms with van der Waals surface area (Å²) >= 11 is 1.63. The van der Waals surface area contributed by atoms with Crippen LogP contribution >= 0.6 is 11.3 Å². The number of hydrogen-bond acceptors (Lipinski definition) is 5. The van der Waals surface area contributed by atoms with Gasteiger partial charge in [-0.05, 0) is 18.2 Å². The van der Waals surface area contributed by atoms with Crippen molar-refractivity contribution in [2.45, 2.75) is 13.2 Å². The zero-order valence-corrected chi connectivity index (χ0v) is 13.6. The molecule has 0 spiro atoms. The van der Waals surface area contributed by atoms with Crippen LogP contribution in [0, 0.1) is 0 Å². The highest BCUT2D eigenvalue weighted by molar-refractivity contribution is 7.09. The van der Waals surface area contributed by atoms with Gasteiger partial charge in [-0.3, -0.25) is 0 Å². The average molecular weight is 326 g/mol. The lowest BCUT2D eigenvalue weighted by Gasteiger charge is -2.10. The van der Waals surface area contributed by atoms with Crippen LogP contribution in [0.5, 0.6) is 5.75 Å². The van der Waals surface area contributed by atoms with Crippen LogP contribution in [0.3, 0.4) is 0 Å². The number of nitrogens with one attached hydrogen (secondary N) is 1. The molecule has 0 amide bonds. The van der Waals surface area contributed by atoms with Crippen LogP contribution in [0.15, 0.2) is 53.9 Å². The van der Waals surface area contributed by atoms with E-state index in [-0.39, 0.29) is 6.61 Å². The van der Waals surface area contributed by atoms with Crippen LogP contribution in [0.1, 0.15) is 10.6 Å². The predicted molar refractivity (Wildman–Crippen MR) is 93.8 cm³/mol. The van der Waals surface area contributed by atoms with E-state index in [1.54, 1.807) is 18.4 Å². The van der Waals surface area contributed by atoms with E-state index in [0.717, 1.165) is 27.5 Å². The fourth-order valence-electron chi connectivity index (χ4n) is 2.32. The molecule has 1 heterocycles. The maximum atomic E-state index is 9.37. The highest BCUT2D eigenvalue weighted by atomic mass is 32.1. The standard InChI is InChI=1S/C18H18N2O2S/c1-22-17-8-7-15(9-14(17)11-21)19-10-18-20-16(12-23-18)13-5-3-2-4-6-13/h2-9,12,19,21H,10-11H2,1H3. The van der Waals surface area contributed by atoms with E-state index >= 15 is 0 Å². The molecule has 0 atom stereocenters. The van der Waals surface area contributed by atoms with Crippen molar-refractivity contribution in [3.8, 4) is 17.0 Å². The Kier molecular flexibility index (Phi) is 4.90. The minimum absolute atomic E-state index is 0.0475. The van der Waals surface area contributed by atoms with Gasteiger partial charge in [0.15, 0.2) is 0 Å². The van der Waals surface area contributed by atoms with Gasteiger partial charge in [-0.2, -0.15) is 0 Å². The van der Waals surface area contributed by atoms with Crippen LogP contribution < -0.4 is 10.1 Å². The zero-order valence-electron chi connectivity index (χ0n) is 12.8. The van der Waals surface area contributed by atoms with E-state index in [1.807, 2.05) is 36.4 Å². The highest BCUT2D eigenvalue weighted by Crippen LogP contribution is 2.25. The first-order chi connectivity index (χ1) is 11.3. The second kappa shape index (κ2) is 7.26. The summed E-state index contributed by atoms with van der Waals surface area (Å²) in [5, 5.41) is 15.8. The van der Waals surface area contributed by atoms with Crippen molar-refractivity contribution in [2.24, 2.45) is 0 Å². The number of aliphatic hydroxyl groups is 1. The molecule has 0 saturated heterocycles. The summed E-state index contributed by atoms with van der Waals surface area (Å²) in [6, 6.07) is 15.8. The van der Waals surface area contributed by atoms with Crippen molar-refractivity contribution in [1.29, 1.82) is 0 Å². The molecule has 0 saturated carbocycles. The maximum Gasteiger partial charge on any atom is 0.124 e. The summed E-state index contributed by atoms with van der Waals surface area (Å²) in [4.78, 5) is 4.65. The van der Waals surface area contributed by atoms with Crippen LogP contribution in [-0.2, 0) is 13.2 Å². The molecular formula is C18H18N2O2S. The first kappa shape index (κ1) is 15.5. The second-order valence-electron chi connectivity index (χ2n) is 5.03. The van der Waals surface area contributed by atoms with E-state index < -0.39 is 0 Å². The number of rotatable bonds is 6. The van der Waals surface area contributed by atoms with Crippen LogP contribution in [0.2, 0.25) is 0 Å². The molecule has 0 unspecified atom stereocenters. The summed E-state index contributed by atoms with van der Waals surface area (Å²) in [5.74, 6) is 0.693. The fraction of sp³-hybridized carbons (Fsp3) is 0.167. The number of thiazole rings is 1. The predicted octanol–water partition coefficient (Wildman–Crippen LogP) is 3.92. The summed E-state index contributed by atoms with van der Waals surface area (Å²) < 4.78 is 5.21. The molecule has 0 fully saturated rings. The molecule has 0 aliphatic carbocycles. The van der Waals surface area contributed by atoms with Crippen molar-refractivity contribution >= 4 is 17.0 Å². The Hall–Kier alpha value is -2.37. The van der Waals surface area contributed by atoms with Gasteiger partial charge >= 0.3 is 0 Å². The molecule has 2 N–H and O–H groups in total. The van der Waals surface area contributed by atoms with E-state index in [9.17, 15) is 5.11 Å². The Balaban J connectivity index is 1.68. The molecule has 5 heteroatoms. The van der Waals surface area contributed by atoms with Gasteiger partial charge in [-0.25, -0.2) is 4.98 Å². The summed E-state index contributed by atoms with van der Waals surface area (Å²) in [6.07, 6.45) is 0. The number of aromatic nitrogens is 1. The van der Waals surface area contributed by atoms with Crippen molar-refractivity contribution in [1.82, 2.24) is 4.98 Å². The first-order valence-corrected chi connectivity index (χ1v) is 8.19. The van der Waals surface area contributed by atoms with Crippen LogP contribution in [0.25, 0.3) is 11.3 Å². The monoisotopic (exact) mass is 326 g/mol. The molecule has 118 valence electrons. The third-order valence-corrected chi connectivity index (χ3v) is 4.36. The number of aliphatic hydroxyl groups excluding tert-OH is 1. The molecule has 0 bridgehead atoms. The topological polar surface area (TPSA) is 54.4 Å². The molecule has 4 nitrogen and oxygen atoms in total.